The highest BCUT2D eigenvalue weighted by Crippen LogP contribution is 2.28. The maximum absolute atomic E-state index is 12.4. The Kier molecular flexibility index (Phi) is 6.43. The largest absolute Gasteiger partial charge is 0.493 e. The van der Waals surface area contributed by atoms with Gasteiger partial charge in [-0.05, 0) is 42.0 Å². The summed E-state index contributed by atoms with van der Waals surface area (Å²) in [5.74, 6) is 0.801. The Morgan fingerprint density at radius 1 is 0.759 bits per heavy atom. The van der Waals surface area contributed by atoms with Crippen molar-refractivity contribution in [2.75, 3.05) is 14.2 Å². The topological polar surface area (TPSA) is 61.8 Å². The molecule has 0 bridgehead atoms. The lowest BCUT2D eigenvalue weighted by Crippen LogP contribution is -2.08. The van der Waals surface area contributed by atoms with Gasteiger partial charge in [0, 0.05) is 5.56 Å². The van der Waals surface area contributed by atoms with Gasteiger partial charge in [0.15, 0.2) is 17.3 Å². The first-order valence-electron chi connectivity index (χ1n) is 8.92. The Labute approximate surface area is 169 Å². The summed E-state index contributed by atoms with van der Waals surface area (Å²) >= 11 is 0. The van der Waals surface area contributed by atoms with Crippen LogP contribution in [0.5, 0.6) is 17.2 Å². The fourth-order valence-corrected chi connectivity index (χ4v) is 2.65. The standard InChI is InChI=1S/C24H20O5/c1-27-22-15-11-19(16-23(22)28-2)24(26)29-20-12-8-17(9-13-20)10-14-21(25)18-6-4-3-5-7-18/h3-16H,1-2H3. The van der Waals surface area contributed by atoms with E-state index in [1.807, 2.05) is 18.2 Å². The minimum atomic E-state index is -0.506. The number of hydrogen-bond acceptors (Lipinski definition) is 5. The summed E-state index contributed by atoms with van der Waals surface area (Å²) in [7, 11) is 3.03. The van der Waals surface area contributed by atoms with E-state index < -0.39 is 5.97 Å². The van der Waals surface area contributed by atoms with E-state index in [0.717, 1.165) is 5.56 Å². The van der Waals surface area contributed by atoms with E-state index in [9.17, 15) is 9.59 Å². The van der Waals surface area contributed by atoms with Crippen LogP contribution in [0.25, 0.3) is 6.08 Å². The van der Waals surface area contributed by atoms with Gasteiger partial charge in [0.05, 0.1) is 19.8 Å². The normalized spacial score (nSPS) is 10.6. The molecule has 3 aromatic rings. The van der Waals surface area contributed by atoms with Crippen LogP contribution >= 0.6 is 0 Å². The zero-order valence-corrected chi connectivity index (χ0v) is 16.1. The second kappa shape index (κ2) is 9.37. The molecule has 0 aliphatic rings. The zero-order chi connectivity index (χ0) is 20.6. The van der Waals surface area contributed by atoms with Gasteiger partial charge in [-0.2, -0.15) is 0 Å². The quantitative estimate of drug-likeness (QED) is 0.251. The van der Waals surface area contributed by atoms with Gasteiger partial charge in [-0.25, -0.2) is 4.79 Å². The summed E-state index contributed by atoms with van der Waals surface area (Å²) in [4.78, 5) is 24.5. The third kappa shape index (κ3) is 5.11. The van der Waals surface area contributed by atoms with Gasteiger partial charge in [0.2, 0.25) is 0 Å². The van der Waals surface area contributed by atoms with Crippen LogP contribution in [0.15, 0.2) is 78.9 Å². The third-order valence-electron chi connectivity index (χ3n) is 4.20. The molecule has 0 unspecified atom stereocenters. The minimum absolute atomic E-state index is 0.0745. The zero-order valence-electron chi connectivity index (χ0n) is 16.1. The molecule has 0 aromatic heterocycles. The Balaban J connectivity index is 1.65. The molecule has 5 heteroatoms. The first kappa shape index (κ1) is 19.9. The predicted molar refractivity (Wildman–Crippen MR) is 111 cm³/mol. The number of carbonyl (C=O) groups is 2. The molecule has 0 spiro atoms. The van der Waals surface area contributed by atoms with Crippen molar-refractivity contribution < 1.29 is 23.8 Å². The molecule has 0 aliphatic heterocycles. The fraction of sp³-hybridized carbons (Fsp3) is 0.0833. The summed E-state index contributed by atoms with van der Waals surface area (Å²) in [5.41, 5.74) is 1.80. The average Bonchev–Trinajstić information content (AvgIpc) is 2.78. The van der Waals surface area contributed by atoms with Crippen LogP contribution in [0, 0.1) is 0 Å². The van der Waals surface area contributed by atoms with Crippen molar-refractivity contribution in [2.24, 2.45) is 0 Å². The van der Waals surface area contributed by atoms with Crippen LogP contribution in [-0.2, 0) is 0 Å². The van der Waals surface area contributed by atoms with Gasteiger partial charge in [0.25, 0.3) is 0 Å². The van der Waals surface area contributed by atoms with Crippen molar-refractivity contribution in [2.45, 2.75) is 0 Å². The highest BCUT2D eigenvalue weighted by Gasteiger charge is 2.12. The Bertz CT molecular complexity index is 1020. The second-order valence-electron chi connectivity index (χ2n) is 6.09. The molecular weight excluding hydrogens is 368 g/mol. The number of methoxy groups -OCH3 is 2. The molecule has 146 valence electrons. The molecule has 0 saturated heterocycles. The summed E-state index contributed by atoms with van der Waals surface area (Å²) in [6.07, 6.45) is 3.23. The molecule has 29 heavy (non-hydrogen) atoms. The molecule has 0 fully saturated rings. The third-order valence-corrected chi connectivity index (χ3v) is 4.20. The van der Waals surface area contributed by atoms with Crippen molar-refractivity contribution in [3.05, 3.63) is 95.6 Å². The average molecular weight is 388 g/mol. The first-order valence-corrected chi connectivity index (χ1v) is 8.92. The summed E-state index contributed by atoms with van der Waals surface area (Å²) in [6.45, 7) is 0. The van der Waals surface area contributed by atoms with Crippen LogP contribution in [0.1, 0.15) is 26.3 Å². The molecule has 0 radical (unpaired) electrons. The number of benzene rings is 3. The molecule has 0 saturated carbocycles. The smallest absolute Gasteiger partial charge is 0.343 e. The van der Waals surface area contributed by atoms with Crippen LogP contribution in [0.3, 0.4) is 0 Å². The number of esters is 1. The molecule has 3 aromatic carbocycles. The van der Waals surface area contributed by atoms with Gasteiger partial charge in [-0.3, -0.25) is 4.79 Å². The van der Waals surface area contributed by atoms with E-state index >= 15 is 0 Å². The summed E-state index contributed by atoms with van der Waals surface area (Å²) in [6, 6.07) is 20.7. The SMILES string of the molecule is COc1ccc(C(=O)Oc2ccc(C=CC(=O)c3ccccc3)cc2)cc1OC. The van der Waals surface area contributed by atoms with Gasteiger partial charge >= 0.3 is 5.97 Å². The monoisotopic (exact) mass is 388 g/mol. The number of ether oxygens (including phenoxy) is 3. The van der Waals surface area contributed by atoms with Gasteiger partial charge in [-0.15, -0.1) is 0 Å². The maximum atomic E-state index is 12.4. The van der Waals surface area contributed by atoms with Crippen molar-refractivity contribution in [1.29, 1.82) is 0 Å². The van der Waals surface area contributed by atoms with Gasteiger partial charge < -0.3 is 14.2 Å². The molecule has 0 atom stereocenters. The number of carbonyl (C=O) groups excluding carboxylic acids is 2. The molecular formula is C24H20O5. The molecule has 5 nitrogen and oxygen atoms in total. The highest BCUT2D eigenvalue weighted by molar-refractivity contribution is 6.06. The van der Waals surface area contributed by atoms with Crippen LogP contribution in [-0.4, -0.2) is 26.0 Å². The van der Waals surface area contributed by atoms with E-state index in [-0.39, 0.29) is 5.78 Å². The van der Waals surface area contributed by atoms with Crippen LogP contribution in [0.2, 0.25) is 0 Å². The molecule has 0 aliphatic carbocycles. The number of rotatable bonds is 7. The molecule has 0 N–H and O–H groups in total. The molecule has 3 rings (SSSR count). The van der Waals surface area contributed by atoms with E-state index in [1.54, 1.807) is 60.7 Å². The number of hydrogen-bond donors (Lipinski definition) is 0. The van der Waals surface area contributed by atoms with E-state index in [4.69, 9.17) is 14.2 Å². The van der Waals surface area contributed by atoms with Crippen molar-refractivity contribution >= 4 is 17.8 Å². The Morgan fingerprint density at radius 3 is 2.10 bits per heavy atom. The maximum Gasteiger partial charge on any atom is 0.343 e. The van der Waals surface area contributed by atoms with Gasteiger partial charge in [-0.1, -0.05) is 48.5 Å². The summed E-state index contributed by atoms with van der Waals surface area (Å²) < 4.78 is 15.8. The first-order chi connectivity index (χ1) is 14.1. The van der Waals surface area contributed by atoms with Crippen LogP contribution < -0.4 is 14.2 Å². The Morgan fingerprint density at radius 2 is 1.45 bits per heavy atom. The Hall–Kier alpha value is -3.86. The van der Waals surface area contributed by atoms with Gasteiger partial charge in [0.1, 0.15) is 5.75 Å². The lowest BCUT2D eigenvalue weighted by atomic mass is 10.1. The van der Waals surface area contributed by atoms with Crippen molar-refractivity contribution in [3.63, 3.8) is 0 Å². The van der Waals surface area contributed by atoms with Crippen molar-refractivity contribution in [1.82, 2.24) is 0 Å². The van der Waals surface area contributed by atoms with Crippen LogP contribution in [0.4, 0.5) is 0 Å². The number of ketones is 1. The highest BCUT2D eigenvalue weighted by atomic mass is 16.5. The van der Waals surface area contributed by atoms with E-state index in [1.165, 1.54) is 20.3 Å². The van der Waals surface area contributed by atoms with Crippen molar-refractivity contribution in [3.8, 4) is 17.2 Å². The van der Waals surface area contributed by atoms with E-state index in [2.05, 4.69) is 0 Å². The number of allylic oxidation sites excluding steroid dienone is 1. The fourth-order valence-electron chi connectivity index (χ4n) is 2.65. The lowest BCUT2D eigenvalue weighted by Gasteiger charge is -2.09. The lowest BCUT2D eigenvalue weighted by molar-refractivity contribution is 0.0734. The second-order valence-corrected chi connectivity index (χ2v) is 6.09. The molecule has 0 heterocycles. The van der Waals surface area contributed by atoms with E-state index in [0.29, 0.717) is 28.4 Å². The minimum Gasteiger partial charge on any atom is -0.493 e. The molecule has 0 amide bonds. The summed E-state index contributed by atoms with van der Waals surface area (Å²) in [5, 5.41) is 0. The predicted octanol–water partition coefficient (Wildman–Crippen LogP) is 4.82.